The molecule has 0 nitrogen and oxygen atoms in total. The Bertz CT molecular complexity index is 233. The summed E-state index contributed by atoms with van der Waals surface area (Å²) in [4.78, 5) is 0. The molecule has 0 bridgehead atoms. The monoisotopic (exact) mass is 266 g/mol. The third-order valence-corrected chi connectivity index (χ3v) is 2.81. The zero-order valence-corrected chi connectivity index (χ0v) is 9.53. The SMILES string of the molecule is ClCCC(Cl)c1ccc(Br)cc1. The van der Waals surface area contributed by atoms with Gasteiger partial charge in [-0.2, -0.15) is 0 Å². The fraction of sp³-hybridized carbons (Fsp3) is 0.333. The van der Waals surface area contributed by atoms with E-state index in [1.807, 2.05) is 24.3 Å². The molecule has 1 atom stereocenters. The van der Waals surface area contributed by atoms with Crippen LogP contribution >= 0.6 is 39.1 Å². The summed E-state index contributed by atoms with van der Waals surface area (Å²) < 4.78 is 1.07. The number of benzene rings is 1. The molecule has 0 heterocycles. The summed E-state index contributed by atoms with van der Waals surface area (Å²) >= 11 is 15.0. The number of hydrogen-bond acceptors (Lipinski definition) is 0. The average molecular weight is 268 g/mol. The van der Waals surface area contributed by atoms with Crippen LogP contribution in [0.3, 0.4) is 0 Å². The van der Waals surface area contributed by atoms with Gasteiger partial charge in [-0.25, -0.2) is 0 Å². The van der Waals surface area contributed by atoms with Crippen molar-refractivity contribution in [2.45, 2.75) is 11.8 Å². The first-order chi connectivity index (χ1) is 5.74. The van der Waals surface area contributed by atoms with Crippen molar-refractivity contribution in [1.82, 2.24) is 0 Å². The third kappa shape index (κ3) is 2.96. The molecule has 0 radical (unpaired) electrons. The molecule has 0 aliphatic rings. The van der Waals surface area contributed by atoms with Crippen LogP contribution in [0, 0.1) is 0 Å². The second kappa shape index (κ2) is 5.11. The van der Waals surface area contributed by atoms with Gasteiger partial charge in [0.2, 0.25) is 0 Å². The van der Waals surface area contributed by atoms with Crippen LogP contribution in [0.2, 0.25) is 0 Å². The van der Waals surface area contributed by atoms with Gasteiger partial charge in [0.15, 0.2) is 0 Å². The molecule has 0 aliphatic carbocycles. The minimum atomic E-state index is 0.0376. The maximum absolute atomic E-state index is 6.06. The van der Waals surface area contributed by atoms with E-state index in [0.29, 0.717) is 5.88 Å². The molecule has 1 aromatic carbocycles. The highest BCUT2D eigenvalue weighted by Gasteiger charge is 2.05. The largest absolute Gasteiger partial charge is 0.127 e. The fourth-order valence-corrected chi connectivity index (χ4v) is 1.78. The van der Waals surface area contributed by atoms with Crippen LogP contribution in [0.4, 0.5) is 0 Å². The van der Waals surface area contributed by atoms with E-state index in [1.165, 1.54) is 0 Å². The minimum Gasteiger partial charge on any atom is -0.127 e. The lowest BCUT2D eigenvalue weighted by molar-refractivity contribution is 0.890. The fourth-order valence-electron chi connectivity index (χ4n) is 0.934. The predicted octanol–water partition coefficient (Wildman–Crippen LogP) is 4.36. The molecule has 0 amide bonds. The highest BCUT2D eigenvalue weighted by atomic mass is 79.9. The van der Waals surface area contributed by atoms with Crippen LogP contribution in [-0.4, -0.2) is 5.88 Å². The zero-order chi connectivity index (χ0) is 8.97. The summed E-state index contributed by atoms with van der Waals surface area (Å²) in [6.07, 6.45) is 0.810. The Morgan fingerprint density at radius 1 is 1.25 bits per heavy atom. The Morgan fingerprint density at radius 2 is 1.83 bits per heavy atom. The van der Waals surface area contributed by atoms with Crippen molar-refractivity contribution in [2.24, 2.45) is 0 Å². The van der Waals surface area contributed by atoms with Gasteiger partial charge in [-0.05, 0) is 24.1 Å². The second-order valence-corrected chi connectivity index (χ2v) is 4.32. The highest BCUT2D eigenvalue weighted by Crippen LogP contribution is 2.25. The number of rotatable bonds is 3. The number of hydrogen-bond donors (Lipinski definition) is 0. The second-order valence-electron chi connectivity index (χ2n) is 2.50. The maximum atomic E-state index is 6.06. The zero-order valence-electron chi connectivity index (χ0n) is 6.43. The third-order valence-electron chi connectivity index (χ3n) is 1.59. The first-order valence-corrected chi connectivity index (χ1v) is 5.46. The van der Waals surface area contributed by atoms with E-state index in [9.17, 15) is 0 Å². The highest BCUT2D eigenvalue weighted by molar-refractivity contribution is 9.10. The van der Waals surface area contributed by atoms with E-state index in [0.717, 1.165) is 16.5 Å². The molecule has 0 saturated heterocycles. The van der Waals surface area contributed by atoms with Crippen LogP contribution in [-0.2, 0) is 0 Å². The van der Waals surface area contributed by atoms with Gasteiger partial charge < -0.3 is 0 Å². The van der Waals surface area contributed by atoms with Crippen LogP contribution in [0.25, 0.3) is 0 Å². The molecule has 1 unspecified atom stereocenters. The van der Waals surface area contributed by atoms with Crippen molar-refractivity contribution in [3.8, 4) is 0 Å². The lowest BCUT2D eigenvalue weighted by atomic mass is 10.1. The lowest BCUT2D eigenvalue weighted by Crippen LogP contribution is -1.90. The maximum Gasteiger partial charge on any atom is 0.0596 e. The Morgan fingerprint density at radius 3 is 2.33 bits per heavy atom. The Kier molecular flexibility index (Phi) is 4.41. The number of halogens is 3. The standard InChI is InChI=1S/C9H9BrCl2/c10-8-3-1-7(2-4-8)9(12)5-6-11/h1-4,9H,5-6H2. The molecule has 1 rings (SSSR count). The minimum absolute atomic E-state index is 0.0376. The molecule has 0 N–H and O–H groups in total. The lowest BCUT2D eigenvalue weighted by Gasteiger charge is -2.06. The van der Waals surface area contributed by atoms with Crippen molar-refractivity contribution in [1.29, 1.82) is 0 Å². The smallest absolute Gasteiger partial charge is 0.0596 e. The van der Waals surface area contributed by atoms with Crippen LogP contribution in [0.5, 0.6) is 0 Å². The summed E-state index contributed by atoms with van der Waals surface area (Å²) in [5, 5.41) is 0.0376. The molecular weight excluding hydrogens is 259 g/mol. The molecule has 1 aromatic rings. The van der Waals surface area contributed by atoms with Gasteiger partial charge in [-0.15, -0.1) is 23.2 Å². The molecule has 12 heavy (non-hydrogen) atoms. The van der Waals surface area contributed by atoms with Crippen molar-refractivity contribution in [3.05, 3.63) is 34.3 Å². The summed E-state index contributed by atoms with van der Waals surface area (Å²) in [5.74, 6) is 0.601. The van der Waals surface area contributed by atoms with Crippen LogP contribution < -0.4 is 0 Å². The quantitative estimate of drug-likeness (QED) is 0.714. The van der Waals surface area contributed by atoms with Crippen LogP contribution in [0.15, 0.2) is 28.7 Å². The molecule has 0 fully saturated rings. The molecule has 0 saturated carbocycles. The van der Waals surface area contributed by atoms with E-state index >= 15 is 0 Å². The summed E-state index contributed by atoms with van der Waals surface area (Å²) in [6.45, 7) is 0. The molecule has 3 heteroatoms. The van der Waals surface area contributed by atoms with Gasteiger partial charge in [0.05, 0.1) is 5.38 Å². The van der Waals surface area contributed by atoms with E-state index < -0.39 is 0 Å². The first-order valence-electron chi connectivity index (χ1n) is 3.69. The van der Waals surface area contributed by atoms with E-state index in [1.54, 1.807) is 0 Å². The van der Waals surface area contributed by atoms with Gasteiger partial charge in [0.1, 0.15) is 0 Å². The molecule has 0 aliphatic heterocycles. The Labute approximate surface area is 91.0 Å². The normalized spacial score (nSPS) is 12.9. The molecule has 66 valence electrons. The molecule has 0 aromatic heterocycles. The van der Waals surface area contributed by atoms with Crippen molar-refractivity contribution in [2.75, 3.05) is 5.88 Å². The van der Waals surface area contributed by atoms with E-state index in [-0.39, 0.29) is 5.38 Å². The first kappa shape index (κ1) is 10.4. The summed E-state index contributed by atoms with van der Waals surface area (Å²) in [6, 6.07) is 7.99. The Hall–Kier alpha value is 0.280. The van der Waals surface area contributed by atoms with Gasteiger partial charge in [0, 0.05) is 10.4 Å². The topological polar surface area (TPSA) is 0 Å². The van der Waals surface area contributed by atoms with Crippen LogP contribution in [0.1, 0.15) is 17.4 Å². The summed E-state index contributed by atoms with van der Waals surface area (Å²) in [7, 11) is 0. The van der Waals surface area contributed by atoms with E-state index in [4.69, 9.17) is 23.2 Å². The summed E-state index contributed by atoms with van der Waals surface area (Å²) in [5.41, 5.74) is 1.13. The molecule has 0 spiro atoms. The van der Waals surface area contributed by atoms with Gasteiger partial charge in [-0.3, -0.25) is 0 Å². The van der Waals surface area contributed by atoms with Crippen molar-refractivity contribution >= 4 is 39.1 Å². The van der Waals surface area contributed by atoms with Gasteiger partial charge in [0.25, 0.3) is 0 Å². The molecular formula is C9H9BrCl2. The van der Waals surface area contributed by atoms with Crippen molar-refractivity contribution < 1.29 is 0 Å². The number of alkyl halides is 2. The Balaban J connectivity index is 2.68. The van der Waals surface area contributed by atoms with Crippen molar-refractivity contribution in [3.63, 3.8) is 0 Å². The average Bonchev–Trinajstić information content (AvgIpc) is 2.06. The van der Waals surface area contributed by atoms with Gasteiger partial charge >= 0.3 is 0 Å². The predicted molar refractivity (Wildman–Crippen MR) is 58.1 cm³/mol. The van der Waals surface area contributed by atoms with E-state index in [2.05, 4.69) is 15.9 Å². The van der Waals surface area contributed by atoms with Gasteiger partial charge in [-0.1, -0.05) is 28.1 Å².